The first-order valence-corrected chi connectivity index (χ1v) is 10.0. The third-order valence-corrected chi connectivity index (χ3v) is 5.41. The van der Waals surface area contributed by atoms with E-state index in [4.69, 9.17) is 4.74 Å². The van der Waals surface area contributed by atoms with Crippen LogP contribution in [0.15, 0.2) is 59.1 Å². The van der Waals surface area contributed by atoms with Gasteiger partial charge in [-0.1, -0.05) is 48.8 Å². The van der Waals surface area contributed by atoms with Crippen LogP contribution in [0.1, 0.15) is 37.5 Å². The first kappa shape index (κ1) is 18.1. The molecule has 3 heteroatoms. The summed E-state index contributed by atoms with van der Waals surface area (Å²) in [4.78, 5) is 2.30. The van der Waals surface area contributed by atoms with Crippen molar-refractivity contribution < 1.29 is 4.74 Å². The first-order valence-electron chi connectivity index (χ1n) is 9.23. The van der Waals surface area contributed by atoms with E-state index in [0.29, 0.717) is 0 Å². The summed E-state index contributed by atoms with van der Waals surface area (Å²) in [5.41, 5.74) is 7.12. The van der Waals surface area contributed by atoms with Crippen LogP contribution in [0, 0.1) is 13.8 Å². The van der Waals surface area contributed by atoms with Crippen LogP contribution in [0.5, 0.6) is 11.5 Å². The molecular formula is C24H24BrNO. The van der Waals surface area contributed by atoms with Crippen LogP contribution in [0.25, 0.3) is 0 Å². The third-order valence-electron chi connectivity index (χ3n) is 4.91. The van der Waals surface area contributed by atoms with Crippen LogP contribution in [0.3, 0.4) is 0 Å². The highest BCUT2D eigenvalue weighted by molar-refractivity contribution is 9.10. The molecule has 0 aliphatic carbocycles. The fraction of sp³-hybridized carbons (Fsp3) is 0.250. The number of hydrogen-bond acceptors (Lipinski definition) is 2. The van der Waals surface area contributed by atoms with Crippen molar-refractivity contribution in [3.05, 3.63) is 75.8 Å². The predicted molar refractivity (Wildman–Crippen MR) is 117 cm³/mol. The number of nitrogens with zero attached hydrogens (tertiary/aromatic N) is 1. The van der Waals surface area contributed by atoms with E-state index in [1.54, 1.807) is 0 Å². The summed E-state index contributed by atoms with van der Waals surface area (Å²) in [5.74, 6) is 1.76. The van der Waals surface area contributed by atoms with E-state index in [-0.39, 0.29) is 5.41 Å². The Balaban J connectivity index is 1.95. The second-order valence-corrected chi connectivity index (χ2v) is 9.24. The van der Waals surface area contributed by atoms with Gasteiger partial charge in [0.25, 0.3) is 0 Å². The Kier molecular flexibility index (Phi) is 4.31. The molecule has 0 amide bonds. The van der Waals surface area contributed by atoms with E-state index in [0.717, 1.165) is 33.0 Å². The molecule has 4 rings (SSSR count). The first-order chi connectivity index (χ1) is 12.7. The van der Waals surface area contributed by atoms with Crippen molar-refractivity contribution in [3.8, 4) is 11.5 Å². The van der Waals surface area contributed by atoms with Crippen molar-refractivity contribution in [2.24, 2.45) is 0 Å². The Morgan fingerprint density at radius 2 is 1.37 bits per heavy atom. The number of anilines is 3. The predicted octanol–water partition coefficient (Wildman–Crippen LogP) is 7.94. The van der Waals surface area contributed by atoms with Crippen LogP contribution in [0.4, 0.5) is 17.1 Å². The van der Waals surface area contributed by atoms with Gasteiger partial charge in [0.1, 0.15) is 0 Å². The second-order valence-electron chi connectivity index (χ2n) is 8.33. The molecule has 0 spiro atoms. The molecule has 0 fully saturated rings. The Hall–Kier alpha value is -2.26. The van der Waals surface area contributed by atoms with Crippen LogP contribution in [-0.4, -0.2) is 0 Å². The standard InChI is InChI=1S/C24H24BrNO/c1-15-10-16(2)12-19(11-15)26-20-8-6-17(24(3,4)5)13-22(20)27-23-14-18(25)7-9-21(23)26/h6-14H,1-5H3. The van der Waals surface area contributed by atoms with Gasteiger partial charge in [-0.05, 0) is 78.4 Å². The molecule has 0 N–H and O–H groups in total. The molecule has 0 saturated carbocycles. The topological polar surface area (TPSA) is 12.5 Å². The Labute approximate surface area is 169 Å². The number of fused-ring (bicyclic) bond motifs is 2. The van der Waals surface area contributed by atoms with Gasteiger partial charge in [0, 0.05) is 10.2 Å². The summed E-state index contributed by atoms with van der Waals surface area (Å²) < 4.78 is 7.35. The minimum Gasteiger partial charge on any atom is -0.453 e. The molecule has 1 heterocycles. The molecule has 3 aromatic rings. The van der Waals surface area contributed by atoms with Gasteiger partial charge in [-0.25, -0.2) is 0 Å². The van der Waals surface area contributed by atoms with E-state index in [2.05, 4.69) is 104 Å². The minimum atomic E-state index is 0.0701. The number of rotatable bonds is 1. The maximum Gasteiger partial charge on any atom is 0.152 e. The van der Waals surface area contributed by atoms with Crippen LogP contribution in [-0.2, 0) is 5.41 Å². The Morgan fingerprint density at radius 3 is 2.00 bits per heavy atom. The van der Waals surface area contributed by atoms with Gasteiger partial charge in [0.05, 0.1) is 11.4 Å². The van der Waals surface area contributed by atoms with Crippen molar-refractivity contribution in [2.45, 2.75) is 40.0 Å². The normalized spacial score (nSPS) is 13.0. The molecule has 1 aliphatic heterocycles. The maximum atomic E-state index is 6.33. The second kappa shape index (κ2) is 6.42. The number of aryl methyl sites for hydroxylation is 2. The van der Waals surface area contributed by atoms with E-state index in [1.807, 2.05) is 6.07 Å². The molecule has 27 heavy (non-hydrogen) atoms. The third kappa shape index (κ3) is 3.37. The van der Waals surface area contributed by atoms with Crippen LogP contribution >= 0.6 is 15.9 Å². The highest BCUT2D eigenvalue weighted by atomic mass is 79.9. The molecule has 2 nitrogen and oxygen atoms in total. The van der Waals surface area contributed by atoms with Crippen molar-refractivity contribution in [1.29, 1.82) is 0 Å². The summed E-state index contributed by atoms with van der Waals surface area (Å²) in [6, 6.07) is 19.4. The lowest BCUT2D eigenvalue weighted by Crippen LogP contribution is -2.18. The van der Waals surface area contributed by atoms with Gasteiger partial charge in [-0.15, -0.1) is 0 Å². The maximum absolute atomic E-state index is 6.33. The van der Waals surface area contributed by atoms with E-state index in [1.165, 1.54) is 16.7 Å². The molecule has 0 radical (unpaired) electrons. The van der Waals surface area contributed by atoms with Crippen LogP contribution in [0.2, 0.25) is 0 Å². The zero-order valence-corrected chi connectivity index (χ0v) is 18.0. The molecule has 3 aromatic carbocycles. The smallest absolute Gasteiger partial charge is 0.152 e. The quantitative estimate of drug-likeness (QED) is 0.309. The van der Waals surface area contributed by atoms with Gasteiger partial charge < -0.3 is 9.64 Å². The zero-order valence-electron chi connectivity index (χ0n) is 16.4. The summed E-state index contributed by atoms with van der Waals surface area (Å²) in [5, 5.41) is 0. The van der Waals surface area contributed by atoms with E-state index in [9.17, 15) is 0 Å². The van der Waals surface area contributed by atoms with Crippen molar-refractivity contribution >= 4 is 33.0 Å². The summed E-state index contributed by atoms with van der Waals surface area (Å²) in [7, 11) is 0. The molecule has 0 unspecified atom stereocenters. The molecule has 1 aliphatic rings. The van der Waals surface area contributed by atoms with Gasteiger partial charge in [0.2, 0.25) is 0 Å². The molecule has 0 saturated heterocycles. The van der Waals surface area contributed by atoms with E-state index < -0.39 is 0 Å². The Bertz CT molecular complexity index is 1010. The summed E-state index contributed by atoms with van der Waals surface area (Å²) in [6.07, 6.45) is 0. The lowest BCUT2D eigenvalue weighted by Gasteiger charge is -2.34. The fourth-order valence-corrected chi connectivity index (χ4v) is 3.95. The number of benzene rings is 3. The molecule has 138 valence electrons. The van der Waals surface area contributed by atoms with Crippen LogP contribution < -0.4 is 9.64 Å². The molecule has 0 atom stereocenters. The Morgan fingerprint density at radius 1 is 0.778 bits per heavy atom. The summed E-state index contributed by atoms with van der Waals surface area (Å²) in [6.45, 7) is 11.0. The van der Waals surface area contributed by atoms with Gasteiger partial charge >= 0.3 is 0 Å². The SMILES string of the molecule is Cc1cc(C)cc(N2c3ccc(Br)cc3Oc3cc(C(C)(C)C)ccc32)c1. The average Bonchev–Trinajstić information content (AvgIpc) is 2.57. The van der Waals surface area contributed by atoms with Gasteiger partial charge in [0.15, 0.2) is 11.5 Å². The van der Waals surface area contributed by atoms with Crippen molar-refractivity contribution in [2.75, 3.05) is 4.90 Å². The minimum absolute atomic E-state index is 0.0701. The largest absolute Gasteiger partial charge is 0.453 e. The van der Waals surface area contributed by atoms with Crippen molar-refractivity contribution in [1.82, 2.24) is 0 Å². The van der Waals surface area contributed by atoms with Gasteiger partial charge in [-0.2, -0.15) is 0 Å². The summed E-state index contributed by atoms with van der Waals surface area (Å²) >= 11 is 3.58. The molecule has 0 aromatic heterocycles. The zero-order chi connectivity index (χ0) is 19.3. The van der Waals surface area contributed by atoms with Gasteiger partial charge in [-0.3, -0.25) is 0 Å². The monoisotopic (exact) mass is 421 g/mol. The van der Waals surface area contributed by atoms with Crippen molar-refractivity contribution in [3.63, 3.8) is 0 Å². The highest BCUT2D eigenvalue weighted by Gasteiger charge is 2.28. The van der Waals surface area contributed by atoms with E-state index >= 15 is 0 Å². The number of hydrogen-bond donors (Lipinski definition) is 0. The molecular weight excluding hydrogens is 398 g/mol. The lowest BCUT2D eigenvalue weighted by molar-refractivity contribution is 0.472. The number of ether oxygens (including phenoxy) is 1. The highest BCUT2D eigenvalue weighted by Crippen LogP contribution is 2.52. The average molecular weight is 422 g/mol. The lowest BCUT2D eigenvalue weighted by atomic mass is 9.86. The fourth-order valence-electron chi connectivity index (χ4n) is 3.61. The molecule has 0 bridgehead atoms. The number of halogens is 1.